The zero-order valence-electron chi connectivity index (χ0n) is 16.8. The van der Waals surface area contributed by atoms with Gasteiger partial charge in [0, 0.05) is 30.5 Å². The molecule has 2 atom stereocenters. The number of nitrogens with zero attached hydrogens (tertiary/aromatic N) is 3. The van der Waals surface area contributed by atoms with Gasteiger partial charge in [0.25, 0.3) is 0 Å². The number of carbonyl (C=O) groups excluding carboxylic acids is 2. The van der Waals surface area contributed by atoms with Crippen molar-refractivity contribution >= 4 is 34.0 Å². The fourth-order valence-electron chi connectivity index (χ4n) is 3.48. The van der Waals surface area contributed by atoms with E-state index < -0.39 is 0 Å². The molecule has 0 aliphatic carbocycles. The van der Waals surface area contributed by atoms with Crippen molar-refractivity contribution in [2.75, 3.05) is 16.8 Å². The average molecular weight is 401 g/mol. The highest BCUT2D eigenvalue weighted by atomic mass is 32.1. The van der Waals surface area contributed by atoms with Crippen LogP contribution in [0.5, 0.6) is 0 Å². The van der Waals surface area contributed by atoms with Crippen molar-refractivity contribution in [3.8, 4) is 0 Å². The molecule has 1 aromatic carbocycles. The van der Waals surface area contributed by atoms with Gasteiger partial charge in [0.1, 0.15) is 5.01 Å². The molecule has 1 aliphatic rings. The minimum atomic E-state index is 0.0115. The van der Waals surface area contributed by atoms with Crippen LogP contribution < -0.4 is 10.2 Å². The number of aryl methyl sites for hydroxylation is 1. The van der Waals surface area contributed by atoms with Crippen LogP contribution in [0.1, 0.15) is 62.4 Å². The number of rotatable bonds is 8. The van der Waals surface area contributed by atoms with E-state index >= 15 is 0 Å². The Morgan fingerprint density at radius 1 is 1.29 bits per heavy atom. The number of amides is 2. The monoisotopic (exact) mass is 400 g/mol. The molecule has 1 fully saturated rings. The second kappa shape index (κ2) is 9.28. The highest BCUT2D eigenvalue weighted by molar-refractivity contribution is 7.15. The predicted octanol–water partition coefficient (Wildman–Crippen LogP) is 4.52. The first-order valence-corrected chi connectivity index (χ1v) is 10.8. The molecule has 0 saturated carbocycles. The van der Waals surface area contributed by atoms with Crippen LogP contribution in [-0.2, 0) is 9.59 Å². The van der Waals surface area contributed by atoms with Crippen LogP contribution in [0, 0.1) is 12.8 Å². The smallest absolute Gasteiger partial charge is 0.229 e. The largest absolute Gasteiger partial charge is 0.312 e. The second-order valence-electron chi connectivity index (χ2n) is 7.42. The molecule has 0 spiro atoms. The molecule has 1 saturated heterocycles. The van der Waals surface area contributed by atoms with E-state index in [1.807, 2.05) is 43.0 Å². The molecule has 1 aliphatic heterocycles. The van der Waals surface area contributed by atoms with E-state index in [-0.39, 0.29) is 23.7 Å². The average Bonchev–Trinajstić information content (AvgIpc) is 3.30. The van der Waals surface area contributed by atoms with Gasteiger partial charge in [-0.3, -0.25) is 9.59 Å². The van der Waals surface area contributed by atoms with Crippen LogP contribution in [0.3, 0.4) is 0 Å². The third-order valence-electron chi connectivity index (χ3n) is 5.26. The SMILES string of the molecule is CCCCC(CC)C(=O)Nc1nnc(C2CC(=O)N(c3ccc(C)cc3)C2)s1. The maximum absolute atomic E-state index is 12.5. The van der Waals surface area contributed by atoms with Gasteiger partial charge in [0.05, 0.1) is 0 Å². The number of hydrogen-bond acceptors (Lipinski definition) is 5. The maximum Gasteiger partial charge on any atom is 0.229 e. The summed E-state index contributed by atoms with van der Waals surface area (Å²) in [5.41, 5.74) is 2.08. The minimum Gasteiger partial charge on any atom is -0.312 e. The third-order valence-corrected chi connectivity index (χ3v) is 6.26. The van der Waals surface area contributed by atoms with Crippen LogP contribution in [0.15, 0.2) is 24.3 Å². The molecular formula is C21H28N4O2S. The molecule has 0 bridgehead atoms. The lowest BCUT2D eigenvalue weighted by Gasteiger charge is -2.16. The van der Waals surface area contributed by atoms with E-state index in [1.54, 1.807) is 0 Å². The molecule has 7 heteroatoms. The second-order valence-corrected chi connectivity index (χ2v) is 8.43. The van der Waals surface area contributed by atoms with E-state index in [0.29, 0.717) is 18.1 Å². The molecular weight excluding hydrogens is 372 g/mol. The van der Waals surface area contributed by atoms with Crippen molar-refractivity contribution in [2.24, 2.45) is 5.92 Å². The number of anilines is 2. The Balaban J connectivity index is 1.63. The first kappa shape index (κ1) is 20.5. The Labute approximate surface area is 170 Å². The molecule has 28 heavy (non-hydrogen) atoms. The van der Waals surface area contributed by atoms with Gasteiger partial charge in [-0.2, -0.15) is 0 Å². The van der Waals surface area contributed by atoms with Crippen molar-refractivity contribution in [1.29, 1.82) is 0 Å². The van der Waals surface area contributed by atoms with Crippen LogP contribution in [-0.4, -0.2) is 28.6 Å². The van der Waals surface area contributed by atoms with Crippen LogP contribution in [0.4, 0.5) is 10.8 Å². The summed E-state index contributed by atoms with van der Waals surface area (Å²) in [4.78, 5) is 26.7. The number of nitrogens with one attached hydrogen (secondary N) is 1. The van der Waals surface area contributed by atoms with E-state index in [9.17, 15) is 9.59 Å². The zero-order valence-corrected chi connectivity index (χ0v) is 17.6. The van der Waals surface area contributed by atoms with Crippen molar-refractivity contribution in [3.05, 3.63) is 34.8 Å². The summed E-state index contributed by atoms with van der Waals surface area (Å²) in [6.07, 6.45) is 4.27. The molecule has 1 N–H and O–H groups in total. The lowest BCUT2D eigenvalue weighted by atomic mass is 9.99. The first-order valence-electron chi connectivity index (χ1n) is 10.0. The Hall–Kier alpha value is -2.28. The van der Waals surface area contributed by atoms with Gasteiger partial charge < -0.3 is 10.2 Å². The number of carbonyl (C=O) groups is 2. The molecule has 3 rings (SSSR count). The van der Waals surface area contributed by atoms with Gasteiger partial charge in [0.15, 0.2) is 0 Å². The summed E-state index contributed by atoms with van der Waals surface area (Å²) in [5, 5.41) is 12.6. The fourth-order valence-corrected chi connectivity index (χ4v) is 4.31. The van der Waals surface area contributed by atoms with Crippen molar-refractivity contribution in [2.45, 2.75) is 58.8 Å². The number of aromatic nitrogens is 2. The van der Waals surface area contributed by atoms with E-state index in [4.69, 9.17) is 0 Å². The summed E-state index contributed by atoms with van der Waals surface area (Å²) in [6, 6.07) is 7.97. The molecule has 6 nitrogen and oxygen atoms in total. The van der Waals surface area contributed by atoms with E-state index in [0.717, 1.165) is 36.4 Å². The zero-order chi connectivity index (χ0) is 20.1. The van der Waals surface area contributed by atoms with Crippen LogP contribution in [0.2, 0.25) is 0 Å². The van der Waals surface area contributed by atoms with Crippen molar-refractivity contribution < 1.29 is 9.59 Å². The van der Waals surface area contributed by atoms with Gasteiger partial charge in [-0.15, -0.1) is 10.2 Å². The van der Waals surface area contributed by atoms with Gasteiger partial charge >= 0.3 is 0 Å². The normalized spacial score (nSPS) is 17.8. The summed E-state index contributed by atoms with van der Waals surface area (Å²) in [6.45, 7) is 6.79. The van der Waals surface area contributed by atoms with Gasteiger partial charge in [0.2, 0.25) is 16.9 Å². The summed E-state index contributed by atoms with van der Waals surface area (Å²) in [7, 11) is 0. The van der Waals surface area contributed by atoms with Crippen LogP contribution in [0.25, 0.3) is 0 Å². The third kappa shape index (κ3) is 4.76. The first-order chi connectivity index (χ1) is 13.5. The Morgan fingerprint density at radius 3 is 2.71 bits per heavy atom. The van der Waals surface area contributed by atoms with E-state index in [1.165, 1.54) is 16.9 Å². The Bertz CT molecular complexity index is 818. The molecule has 2 amide bonds. The molecule has 1 aromatic heterocycles. The quantitative estimate of drug-likeness (QED) is 0.707. The van der Waals surface area contributed by atoms with E-state index in [2.05, 4.69) is 22.4 Å². The molecule has 2 heterocycles. The van der Waals surface area contributed by atoms with Gasteiger partial charge in [-0.25, -0.2) is 0 Å². The molecule has 150 valence electrons. The fraction of sp³-hybridized carbons (Fsp3) is 0.524. The number of hydrogen-bond donors (Lipinski definition) is 1. The summed E-state index contributed by atoms with van der Waals surface area (Å²) >= 11 is 1.38. The highest BCUT2D eigenvalue weighted by Gasteiger charge is 2.34. The summed E-state index contributed by atoms with van der Waals surface area (Å²) < 4.78 is 0. The topological polar surface area (TPSA) is 75.2 Å². The number of benzene rings is 1. The minimum absolute atomic E-state index is 0.0115. The molecule has 2 unspecified atom stereocenters. The van der Waals surface area contributed by atoms with Crippen molar-refractivity contribution in [3.63, 3.8) is 0 Å². The standard InChI is InChI=1S/C21H28N4O2S/c1-4-6-7-15(5-2)19(27)22-21-24-23-20(28-21)16-12-18(26)25(13-16)17-10-8-14(3)9-11-17/h8-11,15-16H,4-7,12-13H2,1-3H3,(H,22,24,27). The molecule has 2 aromatic rings. The Morgan fingerprint density at radius 2 is 2.04 bits per heavy atom. The molecule has 0 radical (unpaired) electrons. The van der Waals surface area contributed by atoms with Crippen molar-refractivity contribution in [1.82, 2.24) is 10.2 Å². The lowest BCUT2D eigenvalue weighted by Crippen LogP contribution is -2.24. The summed E-state index contributed by atoms with van der Waals surface area (Å²) in [5.74, 6) is 0.138. The van der Waals surface area contributed by atoms with Crippen LogP contribution >= 0.6 is 11.3 Å². The maximum atomic E-state index is 12.5. The highest BCUT2D eigenvalue weighted by Crippen LogP contribution is 2.34. The number of unbranched alkanes of at least 4 members (excludes halogenated alkanes) is 1. The lowest BCUT2D eigenvalue weighted by molar-refractivity contribution is -0.120. The Kier molecular flexibility index (Phi) is 6.78. The van der Waals surface area contributed by atoms with Gasteiger partial charge in [-0.05, 0) is 31.9 Å². The van der Waals surface area contributed by atoms with Gasteiger partial charge in [-0.1, -0.05) is 55.7 Å². The predicted molar refractivity (Wildman–Crippen MR) is 113 cm³/mol.